The Balaban J connectivity index is 1.62. The summed E-state index contributed by atoms with van der Waals surface area (Å²) in [5, 5.41) is 7.17. The van der Waals surface area contributed by atoms with Gasteiger partial charge in [-0.25, -0.2) is 13.9 Å². The van der Waals surface area contributed by atoms with Gasteiger partial charge in [0.25, 0.3) is 5.91 Å². The summed E-state index contributed by atoms with van der Waals surface area (Å²) in [5.41, 5.74) is 1.45. The van der Waals surface area contributed by atoms with Crippen molar-refractivity contribution in [3.05, 3.63) is 82.4 Å². The maximum absolute atomic E-state index is 13.2. The molecule has 8 heteroatoms. The first-order valence-electron chi connectivity index (χ1n) is 9.51. The molecule has 0 saturated heterocycles. The second kappa shape index (κ2) is 8.28. The molecule has 3 aromatic rings. The van der Waals surface area contributed by atoms with Gasteiger partial charge in [0.15, 0.2) is 0 Å². The lowest BCUT2D eigenvalue weighted by Crippen LogP contribution is -2.33. The van der Waals surface area contributed by atoms with E-state index in [0.717, 1.165) is 12.8 Å². The van der Waals surface area contributed by atoms with Crippen molar-refractivity contribution in [2.45, 2.75) is 31.9 Å². The van der Waals surface area contributed by atoms with Crippen LogP contribution in [0.25, 0.3) is 5.69 Å². The van der Waals surface area contributed by atoms with Crippen LogP contribution in [0, 0.1) is 12.7 Å². The zero-order valence-electron chi connectivity index (χ0n) is 16.1. The molecular weight excluding hydrogens is 409 g/mol. The monoisotopic (exact) mass is 427 g/mol. The lowest BCUT2D eigenvalue weighted by Gasteiger charge is -2.18. The molecule has 4 rings (SSSR count). The number of ether oxygens (including phenoxy) is 1. The lowest BCUT2D eigenvalue weighted by molar-refractivity contribution is -0.130. The van der Waals surface area contributed by atoms with Crippen LogP contribution < -0.4 is 5.32 Å². The van der Waals surface area contributed by atoms with Gasteiger partial charge in [0.05, 0.1) is 11.4 Å². The summed E-state index contributed by atoms with van der Waals surface area (Å²) in [6.45, 7) is 1.62. The van der Waals surface area contributed by atoms with Crippen molar-refractivity contribution >= 4 is 23.5 Å². The molecule has 2 aromatic carbocycles. The number of rotatable bonds is 6. The highest BCUT2D eigenvalue weighted by atomic mass is 35.5. The molecule has 1 unspecified atom stereocenters. The zero-order valence-corrected chi connectivity index (χ0v) is 16.9. The van der Waals surface area contributed by atoms with Crippen molar-refractivity contribution in [1.82, 2.24) is 15.1 Å². The highest BCUT2D eigenvalue weighted by Crippen LogP contribution is 2.28. The van der Waals surface area contributed by atoms with E-state index in [4.69, 9.17) is 16.3 Å². The Morgan fingerprint density at radius 2 is 1.83 bits per heavy atom. The normalized spacial score (nSPS) is 14.2. The van der Waals surface area contributed by atoms with Crippen molar-refractivity contribution < 1.29 is 18.7 Å². The van der Waals surface area contributed by atoms with Crippen LogP contribution in [0.5, 0.6) is 0 Å². The van der Waals surface area contributed by atoms with E-state index in [1.165, 1.54) is 28.9 Å². The molecule has 0 aliphatic heterocycles. The molecule has 0 radical (unpaired) electrons. The van der Waals surface area contributed by atoms with Crippen LogP contribution in [0.1, 0.15) is 40.6 Å². The number of carbonyl (C=O) groups is 2. The molecule has 1 amide bonds. The van der Waals surface area contributed by atoms with Crippen LogP contribution >= 0.6 is 11.6 Å². The van der Waals surface area contributed by atoms with Crippen molar-refractivity contribution in [2.75, 3.05) is 0 Å². The Morgan fingerprint density at radius 3 is 2.47 bits per heavy atom. The summed E-state index contributed by atoms with van der Waals surface area (Å²) < 4.78 is 20.1. The molecule has 1 heterocycles. The number of hydrogen-bond donors (Lipinski definition) is 1. The maximum Gasteiger partial charge on any atom is 0.344 e. The topological polar surface area (TPSA) is 73.2 Å². The van der Waals surface area contributed by atoms with Crippen LogP contribution in [0.15, 0.2) is 54.6 Å². The van der Waals surface area contributed by atoms with Gasteiger partial charge in [-0.1, -0.05) is 41.9 Å². The number of hydrogen-bond acceptors (Lipinski definition) is 4. The Labute approximate surface area is 177 Å². The second-order valence-corrected chi connectivity index (χ2v) is 7.48. The lowest BCUT2D eigenvalue weighted by atomic mass is 10.1. The van der Waals surface area contributed by atoms with Gasteiger partial charge >= 0.3 is 5.97 Å². The number of benzene rings is 2. The minimum atomic E-state index is -1.11. The van der Waals surface area contributed by atoms with E-state index in [1.807, 2.05) is 6.07 Å². The summed E-state index contributed by atoms with van der Waals surface area (Å²) in [6.07, 6.45) is 0.719. The van der Waals surface area contributed by atoms with E-state index in [2.05, 4.69) is 10.4 Å². The molecule has 1 aliphatic carbocycles. The fourth-order valence-corrected chi connectivity index (χ4v) is 3.40. The molecule has 1 N–H and O–H groups in total. The fourth-order valence-electron chi connectivity index (χ4n) is 3.06. The number of nitrogens with zero attached hydrogens (tertiary/aromatic N) is 2. The molecule has 6 nitrogen and oxygen atoms in total. The largest absolute Gasteiger partial charge is 0.444 e. The number of aromatic nitrogens is 2. The van der Waals surface area contributed by atoms with Crippen molar-refractivity contribution in [3.63, 3.8) is 0 Å². The van der Waals surface area contributed by atoms with E-state index >= 15 is 0 Å². The standard InChI is InChI=1S/C22H19ClFN3O3/c1-13-18(20(23)27(26-13)17-11-7-15(24)8-12-17)22(29)30-19(14-5-3-2-4-6-14)21(28)25-16-9-10-16/h2-8,11-12,16,19H,9-10H2,1H3,(H,25,28). The van der Waals surface area contributed by atoms with Crippen LogP contribution in [-0.4, -0.2) is 27.7 Å². The Morgan fingerprint density at radius 1 is 1.17 bits per heavy atom. The smallest absolute Gasteiger partial charge is 0.344 e. The number of esters is 1. The quantitative estimate of drug-likeness (QED) is 0.600. The van der Waals surface area contributed by atoms with Gasteiger partial charge in [-0.15, -0.1) is 0 Å². The average molecular weight is 428 g/mol. The van der Waals surface area contributed by atoms with Gasteiger partial charge in [-0.05, 0) is 44.0 Å². The first-order chi connectivity index (χ1) is 14.4. The van der Waals surface area contributed by atoms with Gasteiger partial charge in [-0.3, -0.25) is 4.79 Å². The van der Waals surface area contributed by atoms with Crippen LogP contribution in [0.3, 0.4) is 0 Å². The summed E-state index contributed by atoms with van der Waals surface area (Å²) in [4.78, 5) is 25.7. The third-order valence-electron chi connectivity index (χ3n) is 4.77. The predicted octanol–water partition coefficient (Wildman–Crippen LogP) is 4.15. The molecule has 1 fully saturated rings. The van der Waals surface area contributed by atoms with Crippen LogP contribution in [0.4, 0.5) is 4.39 Å². The molecular formula is C22H19ClFN3O3. The number of aryl methyl sites for hydroxylation is 1. The van der Waals surface area contributed by atoms with Gasteiger partial charge in [0.1, 0.15) is 16.5 Å². The van der Waals surface area contributed by atoms with Crippen molar-refractivity contribution in [1.29, 1.82) is 0 Å². The number of amides is 1. The number of nitrogens with one attached hydrogen (secondary N) is 1. The minimum absolute atomic E-state index is 0.0264. The predicted molar refractivity (Wildman–Crippen MR) is 109 cm³/mol. The molecule has 0 spiro atoms. The van der Waals surface area contributed by atoms with E-state index in [-0.39, 0.29) is 22.7 Å². The third kappa shape index (κ3) is 4.21. The summed E-state index contributed by atoms with van der Waals surface area (Å²) >= 11 is 6.41. The molecule has 0 bridgehead atoms. The Bertz CT molecular complexity index is 1080. The number of carbonyl (C=O) groups excluding carboxylic acids is 2. The van der Waals surface area contributed by atoms with Crippen LogP contribution in [0.2, 0.25) is 5.15 Å². The second-order valence-electron chi connectivity index (χ2n) is 7.12. The summed E-state index contributed by atoms with van der Waals surface area (Å²) in [7, 11) is 0. The molecule has 154 valence electrons. The molecule has 1 aromatic heterocycles. The fraction of sp³-hybridized carbons (Fsp3) is 0.227. The molecule has 30 heavy (non-hydrogen) atoms. The molecule has 1 atom stereocenters. The van der Waals surface area contributed by atoms with Crippen LogP contribution in [-0.2, 0) is 9.53 Å². The Kier molecular flexibility index (Phi) is 5.55. The summed E-state index contributed by atoms with van der Waals surface area (Å²) in [6, 6.07) is 14.5. The van der Waals surface area contributed by atoms with Crippen molar-refractivity contribution in [2.24, 2.45) is 0 Å². The SMILES string of the molecule is Cc1nn(-c2ccc(F)cc2)c(Cl)c1C(=O)OC(C(=O)NC1CC1)c1ccccc1. The Hall–Kier alpha value is -3.19. The minimum Gasteiger partial charge on any atom is -0.444 e. The van der Waals surface area contributed by atoms with E-state index in [9.17, 15) is 14.0 Å². The van der Waals surface area contributed by atoms with E-state index < -0.39 is 17.9 Å². The molecule has 1 saturated carbocycles. The van der Waals surface area contributed by atoms with Gasteiger partial charge in [-0.2, -0.15) is 5.10 Å². The summed E-state index contributed by atoms with van der Waals surface area (Å²) in [5.74, 6) is -1.53. The maximum atomic E-state index is 13.2. The van der Waals surface area contributed by atoms with Gasteiger partial charge in [0, 0.05) is 11.6 Å². The van der Waals surface area contributed by atoms with E-state index in [1.54, 1.807) is 31.2 Å². The average Bonchev–Trinajstić information content (AvgIpc) is 3.50. The molecule has 1 aliphatic rings. The third-order valence-corrected chi connectivity index (χ3v) is 5.12. The zero-order chi connectivity index (χ0) is 21.3. The first-order valence-corrected chi connectivity index (χ1v) is 9.89. The van der Waals surface area contributed by atoms with Gasteiger partial charge in [0.2, 0.25) is 6.10 Å². The van der Waals surface area contributed by atoms with E-state index in [0.29, 0.717) is 16.9 Å². The first kappa shape index (κ1) is 20.1. The number of halogens is 2. The van der Waals surface area contributed by atoms with Crippen molar-refractivity contribution in [3.8, 4) is 5.69 Å². The highest BCUT2D eigenvalue weighted by Gasteiger charge is 2.32. The van der Waals surface area contributed by atoms with Gasteiger partial charge < -0.3 is 10.1 Å². The highest BCUT2D eigenvalue weighted by molar-refractivity contribution is 6.33.